The number of aliphatic imine (C=N–C) groups is 1. The summed E-state index contributed by atoms with van der Waals surface area (Å²) in [6.07, 6.45) is 2.00. The molecule has 0 saturated heterocycles. The van der Waals surface area contributed by atoms with Crippen molar-refractivity contribution >= 4 is 22.6 Å². The van der Waals surface area contributed by atoms with E-state index >= 15 is 0 Å². The fourth-order valence-corrected chi connectivity index (χ4v) is 4.00. The molecule has 0 spiro atoms. The van der Waals surface area contributed by atoms with Crippen LogP contribution in [0.15, 0.2) is 38.8 Å². The van der Waals surface area contributed by atoms with E-state index < -0.39 is 0 Å². The summed E-state index contributed by atoms with van der Waals surface area (Å²) in [5.41, 5.74) is 0.743. The number of hydrogen-bond acceptors (Lipinski definition) is 7. The van der Waals surface area contributed by atoms with E-state index in [1.54, 1.807) is 7.11 Å². The van der Waals surface area contributed by atoms with E-state index in [2.05, 4.69) is 20.4 Å². The molecule has 0 fully saturated rings. The second-order valence-electron chi connectivity index (χ2n) is 7.50. The Labute approximate surface area is 189 Å². The van der Waals surface area contributed by atoms with Gasteiger partial charge in [-0.2, -0.15) is 4.80 Å². The van der Waals surface area contributed by atoms with E-state index in [-0.39, 0.29) is 24.2 Å². The molecule has 1 aliphatic rings. The first-order chi connectivity index (χ1) is 15.5. The molecule has 1 aliphatic heterocycles. The minimum absolute atomic E-state index is 0.246. The molecule has 4 rings (SSSR count). The summed E-state index contributed by atoms with van der Waals surface area (Å²) < 4.78 is 8.15. The lowest BCUT2D eigenvalue weighted by Gasteiger charge is -2.13. The predicted molar refractivity (Wildman–Crippen MR) is 120 cm³/mol. The number of fused-ring (bicyclic) bond motifs is 1. The number of methoxy groups -OCH3 is 1. The molecular weight excluding hydrogens is 434 g/mol. The van der Waals surface area contributed by atoms with Crippen molar-refractivity contribution in [3.05, 3.63) is 62.1 Å². The third-order valence-electron chi connectivity index (χ3n) is 5.26. The molecule has 0 aliphatic carbocycles. The average molecular weight is 458 g/mol. The molecule has 1 aromatic carbocycles. The van der Waals surface area contributed by atoms with Gasteiger partial charge in [0.1, 0.15) is 16.7 Å². The summed E-state index contributed by atoms with van der Waals surface area (Å²) in [7, 11) is 1.62. The zero-order valence-corrected chi connectivity index (χ0v) is 18.7. The predicted octanol–water partition coefficient (Wildman–Crippen LogP) is 1.92. The topological polar surface area (TPSA) is 109 Å². The fraction of sp³-hybridized carbons (Fsp3) is 0.429. The Morgan fingerprint density at radius 3 is 2.72 bits per heavy atom. The highest BCUT2D eigenvalue weighted by atomic mass is 35.5. The monoisotopic (exact) mass is 457 g/mol. The lowest BCUT2D eigenvalue weighted by molar-refractivity contribution is 0.410. The largest absolute Gasteiger partial charge is 0.496 e. The Morgan fingerprint density at radius 1 is 1.12 bits per heavy atom. The van der Waals surface area contributed by atoms with Gasteiger partial charge in [-0.05, 0) is 24.1 Å². The number of hydrogen-bond donors (Lipinski definition) is 0. The van der Waals surface area contributed by atoms with Gasteiger partial charge in [0.25, 0.3) is 5.56 Å². The Balaban J connectivity index is 1.46. The first-order valence-electron chi connectivity index (χ1n) is 10.5. The lowest BCUT2D eigenvalue weighted by atomic mass is 10.1. The van der Waals surface area contributed by atoms with E-state index in [4.69, 9.17) is 16.3 Å². The van der Waals surface area contributed by atoms with Crippen molar-refractivity contribution in [2.45, 2.75) is 52.2 Å². The van der Waals surface area contributed by atoms with Crippen molar-refractivity contribution in [2.24, 2.45) is 4.99 Å². The van der Waals surface area contributed by atoms with Crippen molar-refractivity contribution in [1.82, 2.24) is 29.3 Å². The normalized spacial score (nSPS) is 12.7. The van der Waals surface area contributed by atoms with Crippen LogP contribution in [0, 0.1) is 0 Å². The molecule has 11 heteroatoms. The third kappa shape index (κ3) is 4.36. The van der Waals surface area contributed by atoms with E-state index in [1.807, 2.05) is 31.2 Å². The number of rotatable bonds is 9. The van der Waals surface area contributed by atoms with Gasteiger partial charge in [0.2, 0.25) is 0 Å². The first-order valence-corrected chi connectivity index (χ1v) is 10.9. The van der Waals surface area contributed by atoms with Crippen LogP contribution in [0.2, 0.25) is 0 Å². The summed E-state index contributed by atoms with van der Waals surface area (Å²) >= 11 is 6.04. The summed E-state index contributed by atoms with van der Waals surface area (Å²) in [4.78, 5) is 31.4. The Kier molecular flexibility index (Phi) is 6.50. The molecule has 0 amide bonds. The Hall–Kier alpha value is -3.27. The minimum atomic E-state index is -0.367. The summed E-state index contributed by atoms with van der Waals surface area (Å²) in [6.45, 7) is 3.11. The van der Waals surface area contributed by atoms with Gasteiger partial charge in [-0.3, -0.25) is 13.9 Å². The molecule has 32 heavy (non-hydrogen) atoms. The highest BCUT2D eigenvalue weighted by Crippen LogP contribution is 2.24. The molecule has 0 radical (unpaired) electrons. The van der Waals surface area contributed by atoms with Gasteiger partial charge in [-0.25, -0.2) is 9.79 Å². The van der Waals surface area contributed by atoms with Crippen LogP contribution in [0.3, 0.4) is 0 Å². The summed E-state index contributed by atoms with van der Waals surface area (Å²) in [5.74, 6) is 1.73. The van der Waals surface area contributed by atoms with Gasteiger partial charge in [-0.15, -0.1) is 10.2 Å². The van der Waals surface area contributed by atoms with E-state index in [0.29, 0.717) is 48.3 Å². The lowest BCUT2D eigenvalue weighted by Crippen LogP contribution is -2.41. The molecule has 0 atom stereocenters. The van der Waals surface area contributed by atoms with Crippen molar-refractivity contribution in [3.8, 4) is 5.75 Å². The maximum Gasteiger partial charge on any atom is 0.332 e. The maximum atomic E-state index is 12.9. The number of ether oxygens (including phenoxy) is 1. The fourth-order valence-electron chi connectivity index (χ4n) is 3.78. The number of nitrogens with zero attached hydrogens (tertiary/aromatic N) is 7. The van der Waals surface area contributed by atoms with Crippen molar-refractivity contribution < 1.29 is 4.74 Å². The molecule has 3 aromatic rings. The average Bonchev–Trinajstić information content (AvgIpc) is 3.40. The van der Waals surface area contributed by atoms with E-state index in [0.717, 1.165) is 17.7 Å². The smallest absolute Gasteiger partial charge is 0.332 e. The van der Waals surface area contributed by atoms with Crippen LogP contribution < -0.4 is 16.0 Å². The standard InChI is InChI=1S/C21H24ClN7O3/c1-3-9-27-19-15(13-17(22)23-19)20(30)28(21(27)31)10-6-11-29-25-18(24-26-29)12-14-7-4-5-8-16(14)32-2/h4-5,7-8H,3,6,9-13H2,1-2H3. The van der Waals surface area contributed by atoms with Gasteiger partial charge in [0, 0.05) is 31.5 Å². The van der Waals surface area contributed by atoms with Gasteiger partial charge < -0.3 is 4.74 Å². The summed E-state index contributed by atoms with van der Waals surface area (Å²) in [6, 6.07) is 7.68. The Morgan fingerprint density at radius 2 is 1.94 bits per heavy atom. The van der Waals surface area contributed by atoms with E-state index in [9.17, 15) is 9.59 Å². The third-order valence-corrected chi connectivity index (χ3v) is 5.48. The van der Waals surface area contributed by atoms with Crippen LogP contribution in [-0.4, -0.2) is 41.6 Å². The van der Waals surface area contributed by atoms with Crippen LogP contribution in [-0.2, 0) is 32.5 Å². The zero-order valence-electron chi connectivity index (χ0n) is 18.0. The van der Waals surface area contributed by atoms with Crippen molar-refractivity contribution in [1.29, 1.82) is 0 Å². The second-order valence-corrected chi connectivity index (χ2v) is 7.94. The highest BCUT2D eigenvalue weighted by Gasteiger charge is 2.24. The minimum Gasteiger partial charge on any atom is -0.496 e. The Bertz CT molecular complexity index is 1280. The number of halogens is 1. The summed E-state index contributed by atoms with van der Waals surface area (Å²) in [5, 5.41) is 12.9. The van der Waals surface area contributed by atoms with Crippen molar-refractivity contribution in [2.75, 3.05) is 7.11 Å². The molecule has 0 saturated carbocycles. The van der Waals surface area contributed by atoms with Crippen LogP contribution in [0.4, 0.5) is 5.82 Å². The molecular formula is C21H24ClN7O3. The zero-order chi connectivity index (χ0) is 22.7. The van der Waals surface area contributed by atoms with Crippen LogP contribution >= 0.6 is 11.6 Å². The van der Waals surface area contributed by atoms with Gasteiger partial charge in [-0.1, -0.05) is 36.7 Å². The van der Waals surface area contributed by atoms with Crippen molar-refractivity contribution in [3.63, 3.8) is 0 Å². The highest BCUT2D eigenvalue weighted by molar-refractivity contribution is 6.66. The molecule has 168 valence electrons. The SMILES string of the molecule is CCCn1c2c(c(=O)n(CCCn3nnc(Cc4ccccc4OC)n3)c1=O)CC(Cl)=N2. The number of aromatic nitrogens is 6. The molecule has 0 N–H and O–H groups in total. The molecule has 0 unspecified atom stereocenters. The molecule has 3 heterocycles. The molecule has 10 nitrogen and oxygen atoms in total. The van der Waals surface area contributed by atoms with Crippen LogP contribution in [0.25, 0.3) is 0 Å². The van der Waals surface area contributed by atoms with Gasteiger partial charge >= 0.3 is 5.69 Å². The van der Waals surface area contributed by atoms with Gasteiger partial charge in [0.05, 0.1) is 19.2 Å². The quantitative estimate of drug-likeness (QED) is 0.485. The number of benzene rings is 1. The van der Waals surface area contributed by atoms with Crippen LogP contribution in [0.5, 0.6) is 5.75 Å². The number of aryl methyl sites for hydroxylation is 1. The van der Waals surface area contributed by atoms with Gasteiger partial charge in [0.15, 0.2) is 5.82 Å². The molecule has 2 aromatic heterocycles. The second kappa shape index (κ2) is 9.47. The first kappa shape index (κ1) is 21.9. The number of para-hydroxylation sites is 1. The number of tetrazole rings is 1. The van der Waals surface area contributed by atoms with E-state index in [1.165, 1.54) is 13.9 Å². The maximum absolute atomic E-state index is 12.9. The molecule has 0 bridgehead atoms. The van der Waals surface area contributed by atoms with Crippen LogP contribution in [0.1, 0.15) is 36.7 Å².